The van der Waals surface area contributed by atoms with Crippen LogP contribution in [0.15, 0.2) is 0 Å². The van der Waals surface area contributed by atoms with E-state index in [4.69, 9.17) is 14.2 Å². The summed E-state index contributed by atoms with van der Waals surface area (Å²) in [4.78, 5) is 23.9. The molecule has 138 valence electrons. The SMILES string of the molecule is CC(OCC1CCCO1)C(=O)OCC(=O)NC1CCCC(C)C1C. The minimum absolute atomic E-state index is 0.0679. The van der Waals surface area contributed by atoms with E-state index in [1.807, 2.05) is 0 Å². The summed E-state index contributed by atoms with van der Waals surface area (Å²) < 4.78 is 16.0. The van der Waals surface area contributed by atoms with E-state index in [-0.39, 0.29) is 24.7 Å². The molecule has 1 N–H and O–H groups in total. The van der Waals surface area contributed by atoms with Gasteiger partial charge in [-0.05, 0) is 38.0 Å². The van der Waals surface area contributed by atoms with Gasteiger partial charge in [-0.3, -0.25) is 4.79 Å². The smallest absolute Gasteiger partial charge is 0.335 e. The molecule has 1 heterocycles. The highest BCUT2D eigenvalue weighted by molar-refractivity contribution is 5.82. The van der Waals surface area contributed by atoms with Crippen molar-refractivity contribution in [1.29, 1.82) is 0 Å². The fraction of sp³-hybridized carbons (Fsp3) is 0.889. The van der Waals surface area contributed by atoms with E-state index in [0.717, 1.165) is 32.3 Å². The Balaban J connectivity index is 1.63. The molecule has 6 nitrogen and oxygen atoms in total. The average molecular weight is 341 g/mol. The van der Waals surface area contributed by atoms with Gasteiger partial charge in [0.25, 0.3) is 5.91 Å². The molecule has 0 radical (unpaired) electrons. The highest BCUT2D eigenvalue weighted by atomic mass is 16.6. The molecular weight excluding hydrogens is 310 g/mol. The number of hydrogen-bond acceptors (Lipinski definition) is 5. The first-order valence-electron chi connectivity index (χ1n) is 9.16. The quantitative estimate of drug-likeness (QED) is 0.718. The van der Waals surface area contributed by atoms with Crippen LogP contribution in [0, 0.1) is 11.8 Å². The maximum absolute atomic E-state index is 12.0. The molecule has 1 amide bonds. The highest BCUT2D eigenvalue weighted by Crippen LogP contribution is 2.29. The number of nitrogens with one attached hydrogen (secondary N) is 1. The Morgan fingerprint density at radius 3 is 2.71 bits per heavy atom. The third kappa shape index (κ3) is 5.74. The standard InChI is InChI=1S/C18H31NO5/c1-12-6-4-8-16(13(12)2)19-17(20)11-24-18(21)14(3)23-10-15-7-5-9-22-15/h12-16H,4-11H2,1-3H3,(H,19,20). The number of ether oxygens (including phenoxy) is 3. The number of hydrogen-bond donors (Lipinski definition) is 1. The monoisotopic (exact) mass is 341 g/mol. The maximum atomic E-state index is 12.0. The molecule has 0 aromatic carbocycles. The van der Waals surface area contributed by atoms with E-state index in [0.29, 0.717) is 18.4 Å². The fourth-order valence-corrected chi connectivity index (χ4v) is 3.38. The van der Waals surface area contributed by atoms with E-state index in [2.05, 4.69) is 19.2 Å². The van der Waals surface area contributed by atoms with Crippen molar-refractivity contribution in [3.8, 4) is 0 Å². The van der Waals surface area contributed by atoms with Gasteiger partial charge in [0.1, 0.15) is 0 Å². The van der Waals surface area contributed by atoms with E-state index in [9.17, 15) is 9.59 Å². The number of amides is 1. The first-order valence-corrected chi connectivity index (χ1v) is 9.16. The molecule has 0 spiro atoms. The van der Waals surface area contributed by atoms with Crippen LogP contribution >= 0.6 is 0 Å². The zero-order valence-corrected chi connectivity index (χ0v) is 15.1. The summed E-state index contributed by atoms with van der Waals surface area (Å²) in [6, 6.07) is 0.174. The lowest BCUT2D eigenvalue weighted by Gasteiger charge is -2.34. The molecule has 1 saturated carbocycles. The molecule has 24 heavy (non-hydrogen) atoms. The summed E-state index contributed by atoms with van der Waals surface area (Å²) in [5.74, 6) is 0.318. The molecule has 0 aromatic rings. The van der Waals surface area contributed by atoms with E-state index < -0.39 is 12.1 Å². The second-order valence-electron chi connectivity index (χ2n) is 7.16. The van der Waals surface area contributed by atoms with Crippen molar-refractivity contribution >= 4 is 11.9 Å². The molecular formula is C18H31NO5. The number of carbonyl (C=O) groups excluding carboxylic acids is 2. The van der Waals surface area contributed by atoms with Gasteiger partial charge in [-0.1, -0.05) is 26.7 Å². The lowest BCUT2D eigenvalue weighted by Crippen LogP contribution is -2.45. The predicted octanol–water partition coefficient (Wildman–Crippen LogP) is 2.05. The Morgan fingerprint density at radius 1 is 1.21 bits per heavy atom. The summed E-state index contributed by atoms with van der Waals surface area (Å²) in [6.07, 6.45) is 4.71. The molecule has 2 rings (SSSR count). The van der Waals surface area contributed by atoms with Gasteiger partial charge in [0, 0.05) is 12.6 Å². The van der Waals surface area contributed by atoms with E-state index in [1.165, 1.54) is 6.42 Å². The molecule has 5 unspecified atom stereocenters. The second kappa shape index (κ2) is 9.37. The number of rotatable bonds is 7. The molecule has 5 atom stereocenters. The Hall–Kier alpha value is -1.14. The van der Waals surface area contributed by atoms with Gasteiger partial charge in [0.2, 0.25) is 0 Å². The zero-order valence-electron chi connectivity index (χ0n) is 15.1. The van der Waals surface area contributed by atoms with Crippen LogP contribution in [-0.4, -0.2) is 49.9 Å². The third-order valence-corrected chi connectivity index (χ3v) is 5.29. The minimum atomic E-state index is -0.685. The predicted molar refractivity (Wildman–Crippen MR) is 89.5 cm³/mol. The Kier molecular flexibility index (Phi) is 7.49. The Bertz CT molecular complexity index is 422. The molecule has 2 aliphatic rings. The molecule has 0 bridgehead atoms. The van der Waals surface area contributed by atoms with Gasteiger partial charge < -0.3 is 19.5 Å². The van der Waals surface area contributed by atoms with Crippen molar-refractivity contribution in [3.63, 3.8) is 0 Å². The average Bonchev–Trinajstić information content (AvgIpc) is 3.08. The molecule has 0 aromatic heterocycles. The van der Waals surface area contributed by atoms with Crippen molar-refractivity contribution in [2.45, 2.75) is 71.1 Å². The van der Waals surface area contributed by atoms with Gasteiger partial charge in [0.05, 0.1) is 12.7 Å². The summed E-state index contributed by atoms with van der Waals surface area (Å²) >= 11 is 0. The van der Waals surface area contributed by atoms with Crippen LogP contribution in [-0.2, 0) is 23.8 Å². The summed E-state index contributed by atoms with van der Waals surface area (Å²) in [7, 11) is 0. The van der Waals surface area contributed by atoms with E-state index >= 15 is 0 Å². The molecule has 1 aliphatic heterocycles. The van der Waals surface area contributed by atoms with Crippen molar-refractivity contribution in [2.24, 2.45) is 11.8 Å². The van der Waals surface area contributed by atoms with Crippen molar-refractivity contribution in [1.82, 2.24) is 5.32 Å². The van der Waals surface area contributed by atoms with Crippen LogP contribution in [0.1, 0.15) is 52.9 Å². The topological polar surface area (TPSA) is 73.9 Å². The molecule has 6 heteroatoms. The van der Waals surface area contributed by atoms with Crippen LogP contribution in [0.2, 0.25) is 0 Å². The first kappa shape index (κ1) is 19.2. The highest BCUT2D eigenvalue weighted by Gasteiger charge is 2.28. The van der Waals surface area contributed by atoms with Crippen LogP contribution in [0.4, 0.5) is 0 Å². The Labute approximate surface area is 144 Å². The van der Waals surface area contributed by atoms with Crippen molar-refractivity contribution in [3.05, 3.63) is 0 Å². The van der Waals surface area contributed by atoms with Gasteiger partial charge in [0.15, 0.2) is 12.7 Å². The van der Waals surface area contributed by atoms with E-state index in [1.54, 1.807) is 6.92 Å². The van der Waals surface area contributed by atoms with Crippen LogP contribution in [0.5, 0.6) is 0 Å². The van der Waals surface area contributed by atoms with Crippen LogP contribution < -0.4 is 5.32 Å². The zero-order chi connectivity index (χ0) is 17.5. The molecule has 1 saturated heterocycles. The normalized spacial score (nSPS) is 31.5. The fourth-order valence-electron chi connectivity index (χ4n) is 3.38. The first-order chi connectivity index (χ1) is 11.5. The van der Waals surface area contributed by atoms with Gasteiger partial charge in [-0.25, -0.2) is 4.79 Å². The molecule has 1 aliphatic carbocycles. The largest absolute Gasteiger partial charge is 0.454 e. The van der Waals surface area contributed by atoms with Crippen LogP contribution in [0.3, 0.4) is 0 Å². The summed E-state index contributed by atoms with van der Waals surface area (Å²) in [6.45, 7) is 6.92. The van der Waals surface area contributed by atoms with Gasteiger partial charge >= 0.3 is 5.97 Å². The van der Waals surface area contributed by atoms with Crippen molar-refractivity contribution in [2.75, 3.05) is 19.8 Å². The second-order valence-corrected chi connectivity index (χ2v) is 7.16. The summed E-state index contributed by atoms with van der Waals surface area (Å²) in [5, 5.41) is 2.99. The maximum Gasteiger partial charge on any atom is 0.335 e. The summed E-state index contributed by atoms with van der Waals surface area (Å²) in [5.41, 5.74) is 0. The molecule has 2 fully saturated rings. The number of esters is 1. The van der Waals surface area contributed by atoms with Crippen LogP contribution in [0.25, 0.3) is 0 Å². The third-order valence-electron chi connectivity index (χ3n) is 5.29. The lowest BCUT2D eigenvalue weighted by molar-refractivity contribution is -0.160. The Morgan fingerprint density at radius 2 is 2.00 bits per heavy atom. The minimum Gasteiger partial charge on any atom is -0.454 e. The van der Waals surface area contributed by atoms with Gasteiger partial charge in [-0.15, -0.1) is 0 Å². The van der Waals surface area contributed by atoms with Crippen molar-refractivity contribution < 1.29 is 23.8 Å². The number of carbonyl (C=O) groups is 2. The van der Waals surface area contributed by atoms with Gasteiger partial charge in [-0.2, -0.15) is 0 Å². The lowest BCUT2D eigenvalue weighted by atomic mass is 9.78.